The number of fused-ring (bicyclic) bond motifs is 1. The summed E-state index contributed by atoms with van der Waals surface area (Å²) in [6.07, 6.45) is 0.405. The van der Waals surface area contributed by atoms with Gasteiger partial charge in [-0.25, -0.2) is 13.1 Å². The number of carbonyl (C=O) groups excluding carboxylic acids is 1. The van der Waals surface area contributed by atoms with Crippen molar-refractivity contribution in [1.82, 2.24) is 4.72 Å². The Bertz CT molecular complexity index is 941. The Labute approximate surface area is 164 Å². The van der Waals surface area contributed by atoms with Gasteiger partial charge in [0, 0.05) is 42.9 Å². The molecule has 1 aliphatic rings. The van der Waals surface area contributed by atoms with Crippen LogP contribution < -0.4 is 14.9 Å². The van der Waals surface area contributed by atoms with Crippen LogP contribution in [-0.2, 0) is 21.4 Å². The predicted molar refractivity (Wildman–Crippen MR) is 110 cm³/mol. The lowest BCUT2D eigenvalue weighted by Gasteiger charge is -2.13. The summed E-state index contributed by atoms with van der Waals surface area (Å²) in [5.74, 6) is -0.0998. The minimum atomic E-state index is -3.68. The summed E-state index contributed by atoms with van der Waals surface area (Å²) in [7, 11) is 0.222. The second-order valence-electron chi connectivity index (χ2n) is 6.72. The van der Waals surface area contributed by atoms with Crippen LogP contribution in [0, 0.1) is 0 Å². The molecule has 1 amide bonds. The molecule has 2 aromatic carbocycles. The number of sulfonamides is 1. The van der Waals surface area contributed by atoms with E-state index in [4.69, 9.17) is 0 Å². The van der Waals surface area contributed by atoms with Gasteiger partial charge in [0.25, 0.3) is 0 Å². The summed E-state index contributed by atoms with van der Waals surface area (Å²) in [5, 5.41) is 2.95. The van der Waals surface area contributed by atoms with Crippen LogP contribution in [0.25, 0.3) is 0 Å². The van der Waals surface area contributed by atoms with E-state index >= 15 is 0 Å². The average Bonchev–Trinajstić information content (AvgIpc) is 2.75. The predicted octanol–water partition coefficient (Wildman–Crippen LogP) is 3.05. The van der Waals surface area contributed by atoms with E-state index in [-0.39, 0.29) is 22.6 Å². The number of hydrogen-bond acceptors (Lipinski definition) is 5. The van der Waals surface area contributed by atoms with Gasteiger partial charge in [0.15, 0.2) is 0 Å². The zero-order valence-corrected chi connectivity index (χ0v) is 17.2. The number of carbonyl (C=O) groups is 1. The Hall–Kier alpha value is -2.03. The van der Waals surface area contributed by atoms with Crippen LogP contribution >= 0.6 is 11.8 Å². The Kier molecular flexibility index (Phi) is 5.78. The third-order valence-electron chi connectivity index (χ3n) is 4.26. The highest BCUT2D eigenvalue weighted by atomic mass is 32.2. The van der Waals surface area contributed by atoms with E-state index in [0.29, 0.717) is 12.1 Å². The lowest BCUT2D eigenvalue weighted by atomic mass is 10.2. The third kappa shape index (κ3) is 4.82. The average molecular weight is 406 g/mol. The van der Waals surface area contributed by atoms with Crippen molar-refractivity contribution >= 4 is 39.1 Å². The number of nitrogens with zero attached hydrogens (tertiary/aromatic N) is 1. The first kappa shape index (κ1) is 19.7. The van der Waals surface area contributed by atoms with E-state index in [1.807, 2.05) is 50.2 Å². The second-order valence-corrected chi connectivity index (χ2v) is 9.97. The van der Waals surface area contributed by atoms with Crippen molar-refractivity contribution in [3.05, 3.63) is 48.0 Å². The van der Waals surface area contributed by atoms with Crippen LogP contribution in [-0.4, -0.2) is 33.7 Å². The van der Waals surface area contributed by atoms with Gasteiger partial charge in [-0.2, -0.15) is 0 Å². The first-order chi connectivity index (χ1) is 12.7. The Morgan fingerprint density at radius 2 is 1.89 bits per heavy atom. The molecular formula is C19H23N3O3S2. The Balaban J connectivity index is 1.76. The molecule has 1 aliphatic heterocycles. The molecule has 0 saturated heterocycles. The fourth-order valence-electron chi connectivity index (χ4n) is 2.77. The number of anilines is 2. The van der Waals surface area contributed by atoms with Gasteiger partial charge in [0.2, 0.25) is 15.9 Å². The Morgan fingerprint density at radius 3 is 2.56 bits per heavy atom. The number of rotatable bonds is 5. The topological polar surface area (TPSA) is 78.5 Å². The Morgan fingerprint density at radius 1 is 1.19 bits per heavy atom. The van der Waals surface area contributed by atoms with E-state index in [1.165, 1.54) is 6.07 Å². The minimum Gasteiger partial charge on any atom is -0.378 e. The molecule has 1 unspecified atom stereocenters. The van der Waals surface area contributed by atoms with Gasteiger partial charge in [-0.15, -0.1) is 11.8 Å². The third-order valence-corrected chi connectivity index (χ3v) is 6.83. The van der Waals surface area contributed by atoms with Crippen molar-refractivity contribution in [2.75, 3.05) is 24.3 Å². The number of amides is 1. The highest BCUT2D eigenvalue weighted by Crippen LogP contribution is 2.36. The van der Waals surface area contributed by atoms with Crippen molar-refractivity contribution in [3.63, 3.8) is 0 Å². The fraction of sp³-hybridized carbons (Fsp3) is 0.316. The van der Waals surface area contributed by atoms with E-state index in [9.17, 15) is 13.2 Å². The minimum absolute atomic E-state index is 0.0998. The molecule has 1 atom stereocenters. The first-order valence-electron chi connectivity index (χ1n) is 8.61. The fourth-order valence-corrected chi connectivity index (χ4v) is 4.87. The molecule has 3 rings (SSSR count). The van der Waals surface area contributed by atoms with E-state index in [2.05, 4.69) is 10.0 Å². The van der Waals surface area contributed by atoms with Gasteiger partial charge in [-0.05, 0) is 35.9 Å². The molecule has 0 bridgehead atoms. The van der Waals surface area contributed by atoms with Gasteiger partial charge >= 0.3 is 0 Å². The smallest absolute Gasteiger partial charge is 0.240 e. The molecule has 8 heteroatoms. The normalized spacial score (nSPS) is 17.0. The SMILES string of the molecule is CC1CC(=O)Nc2cc(S(=O)(=O)NCc3ccc(N(C)C)cc3)ccc2S1. The van der Waals surface area contributed by atoms with E-state index < -0.39 is 10.0 Å². The van der Waals surface area contributed by atoms with Crippen molar-refractivity contribution in [1.29, 1.82) is 0 Å². The first-order valence-corrected chi connectivity index (χ1v) is 11.0. The molecule has 27 heavy (non-hydrogen) atoms. The molecular weight excluding hydrogens is 382 g/mol. The van der Waals surface area contributed by atoms with Crippen LogP contribution in [0.3, 0.4) is 0 Å². The molecule has 6 nitrogen and oxygen atoms in total. The maximum absolute atomic E-state index is 12.7. The molecule has 2 aromatic rings. The van der Waals surface area contributed by atoms with Gasteiger partial charge in [-0.1, -0.05) is 19.1 Å². The summed E-state index contributed by atoms with van der Waals surface area (Å²) in [5.41, 5.74) is 2.47. The summed E-state index contributed by atoms with van der Waals surface area (Å²) in [6, 6.07) is 12.5. The van der Waals surface area contributed by atoms with Crippen LogP contribution in [0.1, 0.15) is 18.9 Å². The molecule has 0 saturated carbocycles. The highest BCUT2D eigenvalue weighted by molar-refractivity contribution is 8.00. The molecule has 0 radical (unpaired) electrons. The quantitative estimate of drug-likeness (QED) is 0.799. The number of thioether (sulfide) groups is 1. The number of benzene rings is 2. The van der Waals surface area contributed by atoms with Crippen LogP contribution in [0.4, 0.5) is 11.4 Å². The number of nitrogens with one attached hydrogen (secondary N) is 2. The van der Waals surface area contributed by atoms with Crippen molar-refractivity contribution in [3.8, 4) is 0 Å². The maximum atomic E-state index is 12.7. The summed E-state index contributed by atoms with van der Waals surface area (Å²) in [6.45, 7) is 2.18. The monoisotopic (exact) mass is 405 g/mol. The van der Waals surface area contributed by atoms with Gasteiger partial charge in [-0.3, -0.25) is 4.79 Å². The molecule has 1 heterocycles. The van der Waals surface area contributed by atoms with Crippen molar-refractivity contribution in [2.24, 2.45) is 0 Å². The van der Waals surface area contributed by atoms with Crippen LogP contribution in [0.5, 0.6) is 0 Å². The van der Waals surface area contributed by atoms with E-state index in [0.717, 1.165) is 16.1 Å². The molecule has 0 aliphatic carbocycles. The molecule has 144 valence electrons. The molecule has 0 aromatic heterocycles. The van der Waals surface area contributed by atoms with E-state index in [1.54, 1.807) is 23.9 Å². The van der Waals surface area contributed by atoms with Crippen molar-refractivity contribution in [2.45, 2.75) is 34.9 Å². The van der Waals surface area contributed by atoms with Crippen molar-refractivity contribution < 1.29 is 13.2 Å². The zero-order valence-electron chi connectivity index (χ0n) is 15.5. The lowest BCUT2D eigenvalue weighted by Crippen LogP contribution is -2.23. The standard InChI is InChI=1S/C19H23N3O3S2/c1-13-10-19(23)21-17-11-16(8-9-18(17)26-13)27(24,25)20-12-14-4-6-15(7-5-14)22(2)3/h4-9,11,13,20H,10,12H2,1-3H3,(H,21,23). The van der Waals surface area contributed by atoms with Gasteiger partial charge in [0.05, 0.1) is 10.6 Å². The summed E-state index contributed by atoms with van der Waals surface area (Å²) in [4.78, 5) is 14.9. The van der Waals surface area contributed by atoms with Gasteiger partial charge in [0.1, 0.15) is 0 Å². The molecule has 0 fully saturated rings. The number of hydrogen-bond donors (Lipinski definition) is 2. The van der Waals surface area contributed by atoms with Gasteiger partial charge < -0.3 is 10.2 Å². The van der Waals surface area contributed by atoms with Crippen LogP contribution in [0.15, 0.2) is 52.3 Å². The largest absolute Gasteiger partial charge is 0.378 e. The summed E-state index contributed by atoms with van der Waals surface area (Å²) < 4.78 is 27.9. The lowest BCUT2D eigenvalue weighted by molar-refractivity contribution is -0.116. The highest BCUT2D eigenvalue weighted by Gasteiger charge is 2.22. The maximum Gasteiger partial charge on any atom is 0.240 e. The summed E-state index contributed by atoms with van der Waals surface area (Å²) >= 11 is 1.57. The molecule has 0 spiro atoms. The molecule has 2 N–H and O–H groups in total. The second kappa shape index (κ2) is 7.92. The van der Waals surface area contributed by atoms with Crippen LogP contribution in [0.2, 0.25) is 0 Å². The zero-order chi connectivity index (χ0) is 19.6.